The maximum absolute atomic E-state index is 6.11. The molecule has 0 atom stereocenters. The molecule has 4 heteroatoms. The highest BCUT2D eigenvalue weighted by atomic mass is 35.5. The van der Waals surface area contributed by atoms with E-state index in [2.05, 4.69) is 23.7 Å². The van der Waals surface area contributed by atoms with Gasteiger partial charge in [-0.25, -0.2) is 0 Å². The third-order valence-corrected chi connectivity index (χ3v) is 3.38. The summed E-state index contributed by atoms with van der Waals surface area (Å²) in [5.74, 6) is 0. The van der Waals surface area contributed by atoms with Crippen LogP contribution in [0.15, 0.2) is 47.4 Å². The molecule has 0 fully saturated rings. The van der Waals surface area contributed by atoms with Crippen LogP contribution in [0.5, 0.6) is 0 Å². The van der Waals surface area contributed by atoms with Gasteiger partial charge in [-0.1, -0.05) is 17.7 Å². The van der Waals surface area contributed by atoms with E-state index in [0.717, 1.165) is 11.4 Å². The Labute approximate surface area is 110 Å². The minimum absolute atomic E-state index is 0.625. The van der Waals surface area contributed by atoms with E-state index in [4.69, 9.17) is 17.3 Å². The fourth-order valence-corrected chi connectivity index (χ4v) is 2.18. The monoisotopic (exact) mass is 264 g/mol. The number of rotatable bonds is 3. The SMILES string of the molecule is CSc1cccc(Nc2ccc(N)cc2Cl)c1. The molecule has 0 spiro atoms. The molecule has 0 radical (unpaired) electrons. The molecule has 0 aliphatic heterocycles. The van der Waals surface area contributed by atoms with E-state index in [0.29, 0.717) is 10.7 Å². The molecule has 0 amide bonds. The van der Waals surface area contributed by atoms with Crippen molar-refractivity contribution in [2.45, 2.75) is 4.90 Å². The first-order valence-corrected chi connectivity index (χ1v) is 6.75. The second kappa shape index (κ2) is 5.34. The van der Waals surface area contributed by atoms with Gasteiger partial charge in [0.1, 0.15) is 0 Å². The highest BCUT2D eigenvalue weighted by Gasteiger charge is 2.01. The molecule has 0 aromatic heterocycles. The number of halogens is 1. The first-order valence-electron chi connectivity index (χ1n) is 5.15. The predicted molar refractivity (Wildman–Crippen MR) is 77.4 cm³/mol. The lowest BCUT2D eigenvalue weighted by Crippen LogP contribution is -1.92. The zero-order chi connectivity index (χ0) is 12.3. The molecule has 0 heterocycles. The fourth-order valence-electron chi connectivity index (χ4n) is 1.49. The van der Waals surface area contributed by atoms with Crippen molar-refractivity contribution < 1.29 is 0 Å². The molecule has 88 valence electrons. The molecule has 2 rings (SSSR count). The number of hydrogen-bond donors (Lipinski definition) is 2. The molecule has 0 bridgehead atoms. The first kappa shape index (κ1) is 12.1. The zero-order valence-corrected chi connectivity index (χ0v) is 11.0. The van der Waals surface area contributed by atoms with Gasteiger partial charge in [0, 0.05) is 16.3 Å². The lowest BCUT2D eigenvalue weighted by Gasteiger charge is -2.09. The molecule has 0 saturated heterocycles. The lowest BCUT2D eigenvalue weighted by atomic mass is 10.2. The van der Waals surface area contributed by atoms with Gasteiger partial charge in [0.25, 0.3) is 0 Å². The van der Waals surface area contributed by atoms with Gasteiger partial charge in [-0.2, -0.15) is 0 Å². The minimum Gasteiger partial charge on any atom is -0.399 e. The van der Waals surface area contributed by atoms with Gasteiger partial charge < -0.3 is 11.1 Å². The van der Waals surface area contributed by atoms with E-state index in [1.54, 1.807) is 17.8 Å². The topological polar surface area (TPSA) is 38.0 Å². The summed E-state index contributed by atoms with van der Waals surface area (Å²) in [6.45, 7) is 0. The number of nitrogen functional groups attached to an aromatic ring is 1. The van der Waals surface area contributed by atoms with Gasteiger partial charge in [0.2, 0.25) is 0 Å². The molecule has 0 unspecified atom stereocenters. The summed E-state index contributed by atoms with van der Waals surface area (Å²) in [5, 5.41) is 3.90. The smallest absolute Gasteiger partial charge is 0.0661 e. The summed E-state index contributed by atoms with van der Waals surface area (Å²) in [4.78, 5) is 1.21. The standard InChI is InChI=1S/C13H13ClN2S/c1-17-11-4-2-3-10(8-11)16-13-6-5-9(15)7-12(13)14/h2-8,16H,15H2,1H3. The molecule has 17 heavy (non-hydrogen) atoms. The van der Waals surface area contributed by atoms with Crippen LogP contribution in [0.1, 0.15) is 0 Å². The molecule has 2 nitrogen and oxygen atoms in total. The van der Waals surface area contributed by atoms with Gasteiger partial charge in [-0.05, 0) is 42.7 Å². The van der Waals surface area contributed by atoms with E-state index >= 15 is 0 Å². The average molecular weight is 265 g/mol. The van der Waals surface area contributed by atoms with Crippen molar-refractivity contribution >= 4 is 40.4 Å². The summed E-state index contributed by atoms with van der Waals surface area (Å²) in [5.41, 5.74) is 8.19. The van der Waals surface area contributed by atoms with Gasteiger partial charge in [0.15, 0.2) is 0 Å². The van der Waals surface area contributed by atoms with Gasteiger partial charge in [-0.15, -0.1) is 11.8 Å². The average Bonchev–Trinajstić information content (AvgIpc) is 2.33. The summed E-state index contributed by atoms with van der Waals surface area (Å²) in [6.07, 6.45) is 2.05. The molecule has 0 aliphatic rings. The Hall–Kier alpha value is -1.32. The molecule has 0 saturated carbocycles. The van der Waals surface area contributed by atoms with Gasteiger partial charge >= 0.3 is 0 Å². The third-order valence-electron chi connectivity index (χ3n) is 2.34. The Kier molecular flexibility index (Phi) is 3.82. The summed E-state index contributed by atoms with van der Waals surface area (Å²) >= 11 is 7.81. The fraction of sp³-hybridized carbons (Fsp3) is 0.0769. The number of anilines is 3. The van der Waals surface area contributed by atoms with E-state index in [1.807, 2.05) is 24.3 Å². The van der Waals surface area contributed by atoms with E-state index < -0.39 is 0 Å². The minimum atomic E-state index is 0.625. The van der Waals surface area contributed by atoms with Crippen LogP contribution in [0.2, 0.25) is 5.02 Å². The van der Waals surface area contributed by atoms with Crippen molar-refractivity contribution in [3.05, 3.63) is 47.5 Å². The first-order chi connectivity index (χ1) is 8.19. The Bertz CT molecular complexity index is 529. The molecular formula is C13H13ClN2S. The normalized spacial score (nSPS) is 10.2. The van der Waals surface area contributed by atoms with E-state index in [1.165, 1.54) is 4.90 Å². The Morgan fingerprint density at radius 1 is 1.18 bits per heavy atom. The van der Waals surface area contributed by atoms with Gasteiger partial charge in [0.05, 0.1) is 10.7 Å². The maximum Gasteiger partial charge on any atom is 0.0661 e. The van der Waals surface area contributed by atoms with Crippen molar-refractivity contribution in [2.24, 2.45) is 0 Å². The molecular weight excluding hydrogens is 252 g/mol. The van der Waals surface area contributed by atoms with E-state index in [-0.39, 0.29) is 0 Å². The predicted octanol–water partition coefficient (Wildman–Crippen LogP) is 4.39. The maximum atomic E-state index is 6.11. The Morgan fingerprint density at radius 2 is 2.00 bits per heavy atom. The Morgan fingerprint density at radius 3 is 2.71 bits per heavy atom. The van der Waals surface area contributed by atoms with Crippen LogP contribution in [0.4, 0.5) is 17.1 Å². The summed E-state index contributed by atoms with van der Waals surface area (Å²) in [7, 11) is 0. The second-order valence-corrected chi connectivity index (χ2v) is 4.88. The third kappa shape index (κ3) is 3.08. The van der Waals surface area contributed by atoms with Crippen molar-refractivity contribution in [1.29, 1.82) is 0 Å². The number of nitrogens with one attached hydrogen (secondary N) is 1. The van der Waals surface area contributed by atoms with Crippen molar-refractivity contribution in [2.75, 3.05) is 17.3 Å². The largest absolute Gasteiger partial charge is 0.399 e. The number of hydrogen-bond acceptors (Lipinski definition) is 3. The zero-order valence-electron chi connectivity index (χ0n) is 9.41. The summed E-state index contributed by atoms with van der Waals surface area (Å²) in [6, 6.07) is 13.6. The van der Waals surface area contributed by atoms with Crippen LogP contribution in [0.3, 0.4) is 0 Å². The van der Waals surface area contributed by atoms with Crippen LogP contribution in [-0.4, -0.2) is 6.26 Å². The van der Waals surface area contributed by atoms with Crippen LogP contribution in [-0.2, 0) is 0 Å². The van der Waals surface area contributed by atoms with Crippen LogP contribution < -0.4 is 11.1 Å². The van der Waals surface area contributed by atoms with E-state index in [9.17, 15) is 0 Å². The van der Waals surface area contributed by atoms with Crippen molar-refractivity contribution in [3.63, 3.8) is 0 Å². The Balaban J connectivity index is 2.25. The highest BCUT2D eigenvalue weighted by Crippen LogP contribution is 2.28. The molecule has 2 aromatic carbocycles. The molecule has 3 N–H and O–H groups in total. The second-order valence-electron chi connectivity index (χ2n) is 3.60. The number of nitrogens with two attached hydrogens (primary N) is 1. The van der Waals surface area contributed by atoms with Crippen molar-refractivity contribution in [3.8, 4) is 0 Å². The highest BCUT2D eigenvalue weighted by molar-refractivity contribution is 7.98. The van der Waals surface area contributed by atoms with Gasteiger partial charge in [-0.3, -0.25) is 0 Å². The van der Waals surface area contributed by atoms with Crippen LogP contribution in [0.25, 0.3) is 0 Å². The molecule has 0 aliphatic carbocycles. The number of thioether (sulfide) groups is 1. The lowest BCUT2D eigenvalue weighted by molar-refractivity contribution is 1.44. The van der Waals surface area contributed by atoms with Crippen LogP contribution in [0, 0.1) is 0 Å². The quantitative estimate of drug-likeness (QED) is 0.638. The van der Waals surface area contributed by atoms with Crippen molar-refractivity contribution in [1.82, 2.24) is 0 Å². The molecule has 2 aromatic rings. The number of benzene rings is 2. The summed E-state index contributed by atoms with van der Waals surface area (Å²) < 4.78 is 0. The van der Waals surface area contributed by atoms with Crippen LogP contribution >= 0.6 is 23.4 Å².